The topological polar surface area (TPSA) is 62.3 Å². The van der Waals surface area contributed by atoms with Gasteiger partial charge in [-0.05, 0) is 53.5 Å². The predicted molar refractivity (Wildman–Crippen MR) is 110 cm³/mol. The molecule has 0 spiro atoms. The Morgan fingerprint density at radius 2 is 1.31 bits per heavy atom. The molecule has 2 fully saturated rings. The second kappa shape index (κ2) is 7.86. The predicted octanol–water partition coefficient (Wildman–Crippen LogP) is 4.03. The highest BCUT2D eigenvalue weighted by Crippen LogP contribution is 2.34. The van der Waals surface area contributed by atoms with E-state index in [9.17, 15) is 9.59 Å². The summed E-state index contributed by atoms with van der Waals surface area (Å²) in [6.45, 7) is 13.1. The molecule has 160 valence electrons. The van der Waals surface area contributed by atoms with Crippen molar-refractivity contribution in [3.63, 3.8) is 0 Å². The lowest BCUT2D eigenvalue weighted by molar-refractivity contribution is -0.0583. The molecular formula is C22H33N3O4. The van der Waals surface area contributed by atoms with Crippen LogP contribution in [0.3, 0.4) is 0 Å². The highest BCUT2D eigenvalue weighted by Gasteiger charge is 2.51. The van der Waals surface area contributed by atoms with E-state index in [1.807, 2.05) is 59.7 Å². The fraction of sp³-hybridized carbons (Fsp3) is 0.636. The van der Waals surface area contributed by atoms with Crippen LogP contribution in [0.25, 0.3) is 0 Å². The molecule has 2 bridgehead atoms. The first-order valence-corrected chi connectivity index (χ1v) is 10.2. The summed E-state index contributed by atoms with van der Waals surface area (Å²) < 4.78 is 11.2. The summed E-state index contributed by atoms with van der Waals surface area (Å²) in [7, 11) is 0. The average molecular weight is 404 g/mol. The van der Waals surface area contributed by atoms with Gasteiger partial charge < -0.3 is 9.47 Å². The van der Waals surface area contributed by atoms with Gasteiger partial charge in [-0.1, -0.05) is 30.3 Å². The third-order valence-corrected chi connectivity index (χ3v) is 4.82. The average Bonchev–Trinajstić information content (AvgIpc) is 2.83. The van der Waals surface area contributed by atoms with Gasteiger partial charge in [0.2, 0.25) is 0 Å². The van der Waals surface area contributed by atoms with E-state index in [-0.39, 0.29) is 12.1 Å². The number of nitrogens with zero attached hydrogens (tertiary/aromatic N) is 3. The van der Waals surface area contributed by atoms with E-state index >= 15 is 0 Å². The molecule has 2 heterocycles. The van der Waals surface area contributed by atoms with E-state index in [1.54, 1.807) is 0 Å². The molecular weight excluding hydrogens is 370 g/mol. The summed E-state index contributed by atoms with van der Waals surface area (Å²) in [6, 6.07) is 9.97. The Hall–Kier alpha value is -2.28. The van der Waals surface area contributed by atoms with Crippen molar-refractivity contribution in [1.29, 1.82) is 0 Å². The Labute approximate surface area is 173 Å². The van der Waals surface area contributed by atoms with Gasteiger partial charge in [0.25, 0.3) is 0 Å². The number of hydrazine groups is 1. The SMILES string of the molecule is CC(C)(C)OC(=O)N1C2CC(CN(Cc3ccccc3)C2)N1C(=O)OC(C)(C)C. The first kappa shape index (κ1) is 21.4. The number of hydrogen-bond acceptors (Lipinski definition) is 5. The number of likely N-dealkylation sites (tertiary alicyclic amines) is 1. The zero-order valence-electron chi connectivity index (χ0n) is 18.3. The van der Waals surface area contributed by atoms with Gasteiger partial charge in [0.15, 0.2) is 0 Å². The third-order valence-electron chi connectivity index (χ3n) is 4.82. The Balaban J connectivity index is 1.82. The first-order valence-electron chi connectivity index (χ1n) is 10.2. The van der Waals surface area contributed by atoms with E-state index in [4.69, 9.17) is 9.47 Å². The monoisotopic (exact) mass is 403 g/mol. The fourth-order valence-corrected chi connectivity index (χ4v) is 3.90. The molecule has 0 aliphatic carbocycles. The van der Waals surface area contributed by atoms with Crippen molar-refractivity contribution in [2.45, 2.75) is 77.8 Å². The van der Waals surface area contributed by atoms with Crippen LogP contribution in [-0.4, -0.2) is 63.5 Å². The highest BCUT2D eigenvalue weighted by molar-refractivity contribution is 5.76. The van der Waals surface area contributed by atoms with Crippen molar-refractivity contribution in [3.8, 4) is 0 Å². The van der Waals surface area contributed by atoms with E-state index in [0.717, 1.165) is 13.0 Å². The summed E-state index contributed by atoms with van der Waals surface area (Å²) in [5.41, 5.74) is -0.0739. The third kappa shape index (κ3) is 5.41. The normalized spacial score (nSPS) is 22.6. The molecule has 0 aromatic heterocycles. The van der Waals surface area contributed by atoms with E-state index in [1.165, 1.54) is 15.6 Å². The van der Waals surface area contributed by atoms with Gasteiger partial charge in [0.1, 0.15) is 11.2 Å². The molecule has 3 rings (SSSR count). The minimum Gasteiger partial charge on any atom is -0.442 e. The lowest BCUT2D eigenvalue weighted by Crippen LogP contribution is -2.53. The minimum atomic E-state index is -0.642. The van der Waals surface area contributed by atoms with Gasteiger partial charge in [-0.3, -0.25) is 4.90 Å². The van der Waals surface area contributed by atoms with Crippen LogP contribution in [0.15, 0.2) is 30.3 Å². The van der Waals surface area contributed by atoms with Crippen LogP contribution >= 0.6 is 0 Å². The van der Waals surface area contributed by atoms with Gasteiger partial charge in [-0.25, -0.2) is 19.6 Å². The quantitative estimate of drug-likeness (QED) is 0.746. The molecule has 0 radical (unpaired) electrons. The van der Waals surface area contributed by atoms with Gasteiger partial charge in [0.05, 0.1) is 12.1 Å². The maximum absolute atomic E-state index is 13.0. The Kier molecular flexibility index (Phi) is 5.81. The van der Waals surface area contributed by atoms with Crippen molar-refractivity contribution < 1.29 is 19.1 Å². The molecule has 2 aliphatic heterocycles. The highest BCUT2D eigenvalue weighted by atomic mass is 16.6. The molecule has 1 aromatic carbocycles. The van der Waals surface area contributed by atoms with Crippen molar-refractivity contribution in [2.24, 2.45) is 0 Å². The van der Waals surface area contributed by atoms with Crippen LogP contribution in [0.2, 0.25) is 0 Å². The van der Waals surface area contributed by atoms with Gasteiger partial charge in [-0.15, -0.1) is 0 Å². The zero-order chi connectivity index (χ0) is 21.4. The lowest BCUT2D eigenvalue weighted by atomic mass is 10.0. The maximum Gasteiger partial charge on any atom is 0.429 e. The molecule has 29 heavy (non-hydrogen) atoms. The zero-order valence-corrected chi connectivity index (χ0v) is 18.3. The van der Waals surface area contributed by atoms with Crippen molar-refractivity contribution >= 4 is 12.2 Å². The number of piperidine rings is 1. The molecule has 2 saturated heterocycles. The smallest absolute Gasteiger partial charge is 0.429 e. The van der Waals surface area contributed by atoms with Crippen molar-refractivity contribution in [3.05, 3.63) is 35.9 Å². The molecule has 0 saturated carbocycles. The number of carbonyl (C=O) groups excluding carboxylic acids is 2. The van der Waals surface area contributed by atoms with E-state index in [0.29, 0.717) is 13.1 Å². The number of rotatable bonds is 2. The minimum absolute atomic E-state index is 0.125. The first-order chi connectivity index (χ1) is 13.4. The van der Waals surface area contributed by atoms with E-state index in [2.05, 4.69) is 17.0 Å². The molecule has 2 atom stereocenters. The van der Waals surface area contributed by atoms with Crippen molar-refractivity contribution in [1.82, 2.24) is 14.9 Å². The fourth-order valence-electron chi connectivity index (χ4n) is 3.90. The Bertz CT molecular complexity index is 697. The summed E-state index contributed by atoms with van der Waals surface area (Å²) in [4.78, 5) is 28.3. The van der Waals surface area contributed by atoms with Crippen LogP contribution < -0.4 is 0 Å². The summed E-state index contributed by atoms with van der Waals surface area (Å²) in [5, 5.41) is 2.96. The second-order valence-electron chi connectivity index (χ2n) is 9.87. The number of fused-ring (bicyclic) bond motifs is 2. The molecule has 0 N–H and O–H groups in total. The van der Waals surface area contributed by atoms with Crippen molar-refractivity contribution in [2.75, 3.05) is 13.1 Å². The Morgan fingerprint density at radius 1 is 0.862 bits per heavy atom. The molecule has 2 amide bonds. The summed E-state index contributed by atoms with van der Waals surface area (Å²) >= 11 is 0. The molecule has 1 aromatic rings. The number of carbonyl (C=O) groups is 2. The number of hydrogen-bond donors (Lipinski definition) is 0. The van der Waals surface area contributed by atoms with Gasteiger partial charge >= 0.3 is 12.2 Å². The largest absolute Gasteiger partial charge is 0.442 e. The van der Waals surface area contributed by atoms with Gasteiger partial charge in [0, 0.05) is 19.6 Å². The molecule has 7 nitrogen and oxygen atoms in total. The molecule has 7 heteroatoms. The number of ether oxygens (including phenoxy) is 2. The van der Waals surface area contributed by atoms with Gasteiger partial charge in [-0.2, -0.15) is 0 Å². The molecule has 2 aliphatic rings. The molecule has 2 unspecified atom stereocenters. The van der Waals surface area contributed by atoms with E-state index < -0.39 is 23.4 Å². The van der Waals surface area contributed by atoms with Crippen LogP contribution in [-0.2, 0) is 16.0 Å². The number of amides is 2. The van der Waals surface area contributed by atoms with Crippen LogP contribution in [0.5, 0.6) is 0 Å². The van der Waals surface area contributed by atoms with Crippen LogP contribution in [0.1, 0.15) is 53.5 Å². The standard InChI is InChI=1S/C22H33N3O4/c1-21(2,3)28-19(26)24-17-12-18(25(24)20(27)29-22(4,5)6)15-23(14-17)13-16-10-8-7-9-11-16/h7-11,17-18H,12-15H2,1-6H3. The Morgan fingerprint density at radius 3 is 1.72 bits per heavy atom. The van der Waals surface area contributed by atoms with Crippen LogP contribution in [0, 0.1) is 0 Å². The summed E-state index contributed by atoms with van der Waals surface area (Å²) in [5.74, 6) is 0. The second-order valence-corrected chi connectivity index (χ2v) is 9.87. The number of benzene rings is 1. The lowest BCUT2D eigenvalue weighted by Gasteiger charge is -2.34. The summed E-state index contributed by atoms with van der Waals surface area (Å²) in [6.07, 6.45) is -0.279. The van der Waals surface area contributed by atoms with Crippen LogP contribution in [0.4, 0.5) is 9.59 Å². The maximum atomic E-state index is 13.0.